The highest BCUT2D eigenvalue weighted by Gasteiger charge is 2.11. The first-order valence-corrected chi connectivity index (χ1v) is 5.15. The van der Waals surface area contributed by atoms with E-state index in [0.717, 1.165) is 12.0 Å². The molecule has 2 rings (SSSR count). The molecule has 2 nitrogen and oxygen atoms in total. The van der Waals surface area contributed by atoms with E-state index in [9.17, 15) is 4.79 Å². The topological polar surface area (TPSA) is 29.1 Å². The van der Waals surface area contributed by atoms with Crippen molar-refractivity contribution in [1.82, 2.24) is 5.32 Å². The monoisotopic (exact) mass is 189 g/mol. The summed E-state index contributed by atoms with van der Waals surface area (Å²) < 4.78 is 0. The van der Waals surface area contributed by atoms with Crippen LogP contribution in [0.4, 0.5) is 0 Å². The van der Waals surface area contributed by atoms with Crippen LogP contribution in [0.25, 0.3) is 0 Å². The largest absolute Gasteiger partial charge is 0.355 e. The van der Waals surface area contributed by atoms with Gasteiger partial charge < -0.3 is 5.32 Å². The van der Waals surface area contributed by atoms with E-state index in [1.54, 1.807) is 7.05 Å². The number of nitrogens with one attached hydrogen (secondary N) is 1. The van der Waals surface area contributed by atoms with E-state index in [1.807, 2.05) is 12.1 Å². The zero-order chi connectivity index (χ0) is 9.97. The summed E-state index contributed by atoms with van der Waals surface area (Å²) in [6.45, 7) is 0. The molecule has 2 heteroatoms. The zero-order valence-corrected chi connectivity index (χ0v) is 8.47. The smallest absolute Gasteiger partial charge is 0.251 e. The lowest BCUT2D eigenvalue weighted by Crippen LogP contribution is -2.18. The van der Waals surface area contributed by atoms with Crippen molar-refractivity contribution >= 4 is 5.91 Å². The molecule has 14 heavy (non-hydrogen) atoms. The molecule has 0 saturated carbocycles. The highest BCUT2D eigenvalue weighted by molar-refractivity contribution is 5.94. The van der Waals surface area contributed by atoms with E-state index in [0.29, 0.717) is 0 Å². The second-order valence-corrected chi connectivity index (χ2v) is 3.77. The highest BCUT2D eigenvalue weighted by Crippen LogP contribution is 2.22. The average molecular weight is 189 g/mol. The molecular formula is C12H15NO. The van der Waals surface area contributed by atoms with Gasteiger partial charge in [-0.2, -0.15) is 0 Å². The van der Waals surface area contributed by atoms with E-state index >= 15 is 0 Å². The Bertz CT molecular complexity index is 357. The van der Waals surface area contributed by atoms with Crippen LogP contribution in [-0.2, 0) is 12.8 Å². The summed E-state index contributed by atoms with van der Waals surface area (Å²) in [5, 5.41) is 2.65. The summed E-state index contributed by atoms with van der Waals surface area (Å²) in [7, 11) is 1.67. The molecule has 0 bridgehead atoms. The molecule has 1 aromatic carbocycles. The summed E-state index contributed by atoms with van der Waals surface area (Å²) in [5.41, 5.74) is 3.56. The van der Waals surface area contributed by atoms with Gasteiger partial charge in [0.15, 0.2) is 0 Å². The van der Waals surface area contributed by atoms with Gasteiger partial charge in [0.05, 0.1) is 0 Å². The Hall–Kier alpha value is -1.31. The molecule has 0 heterocycles. The first-order valence-electron chi connectivity index (χ1n) is 5.15. The normalized spacial score (nSPS) is 14.6. The number of fused-ring (bicyclic) bond motifs is 1. The third-order valence-electron chi connectivity index (χ3n) is 2.84. The minimum Gasteiger partial charge on any atom is -0.355 e. The number of aryl methyl sites for hydroxylation is 2. The number of benzene rings is 1. The van der Waals surface area contributed by atoms with E-state index in [-0.39, 0.29) is 5.91 Å². The van der Waals surface area contributed by atoms with Crippen molar-refractivity contribution in [1.29, 1.82) is 0 Å². The van der Waals surface area contributed by atoms with Crippen LogP contribution < -0.4 is 5.32 Å². The zero-order valence-electron chi connectivity index (χ0n) is 8.47. The molecule has 0 atom stereocenters. The van der Waals surface area contributed by atoms with E-state index in [1.165, 1.54) is 30.4 Å². The molecule has 1 aliphatic carbocycles. The highest BCUT2D eigenvalue weighted by atomic mass is 16.1. The summed E-state index contributed by atoms with van der Waals surface area (Å²) >= 11 is 0. The van der Waals surface area contributed by atoms with Gasteiger partial charge in [-0.15, -0.1) is 0 Å². The lowest BCUT2D eigenvalue weighted by molar-refractivity contribution is 0.0963. The quantitative estimate of drug-likeness (QED) is 0.718. The number of hydrogen-bond donors (Lipinski definition) is 1. The minimum absolute atomic E-state index is 0.0124. The van der Waals surface area contributed by atoms with E-state index in [2.05, 4.69) is 11.4 Å². The van der Waals surface area contributed by atoms with Crippen LogP contribution in [-0.4, -0.2) is 13.0 Å². The summed E-state index contributed by atoms with van der Waals surface area (Å²) in [4.78, 5) is 11.4. The number of amides is 1. The SMILES string of the molecule is CNC(=O)c1ccc2c(c1)CCCC2. The van der Waals surface area contributed by atoms with Gasteiger partial charge in [0.1, 0.15) is 0 Å². The fraction of sp³-hybridized carbons (Fsp3) is 0.417. The number of hydrogen-bond acceptors (Lipinski definition) is 1. The van der Waals surface area contributed by atoms with E-state index in [4.69, 9.17) is 0 Å². The van der Waals surface area contributed by atoms with Gasteiger partial charge >= 0.3 is 0 Å². The third-order valence-corrected chi connectivity index (χ3v) is 2.84. The van der Waals surface area contributed by atoms with E-state index < -0.39 is 0 Å². The standard InChI is InChI=1S/C12H15NO/c1-13-12(14)11-7-6-9-4-2-3-5-10(9)8-11/h6-8H,2-5H2,1H3,(H,13,14). The fourth-order valence-electron chi connectivity index (χ4n) is 2.02. The molecule has 1 aliphatic rings. The molecule has 0 spiro atoms. The molecule has 0 aliphatic heterocycles. The number of carbonyl (C=O) groups is 1. The Labute approximate surface area is 84.3 Å². The minimum atomic E-state index is 0.0124. The van der Waals surface area contributed by atoms with Gasteiger partial charge in [0, 0.05) is 12.6 Å². The lowest BCUT2D eigenvalue weighted by Gasteiger charge is -2.15. The van der Waals surface area contributed by atoms with Gasteiger partial charge in [-0.05, 0) is 48.9 Å². The van der Waals surface area contributed by atoms with Crippen LogP contribution in [0.1, 0.15) is 34.3 Å². The van der Waals surface area contributed by atoms with Crippen LogP contribution in [0.5, 0.6) is 0 Å². The molecule has 0 unspecified atom stereocenters. The Morgan fingerprint density at radius 1 is 1.21 bits per heavy atom. The second-order valence-electron chi connectivity index (χ2n) is 3.77. The summed E-state index contributed by atoms with van der Waals surface area (Å²) in [5.74, 6) is 0.0124. The molecule has 1 N–H and O–H groups in total. The van der Waals surface area contributed by atoms with Gasteiger partial charge in [-0.1, -0.05) is 6.07 Å². The number of rotatable bonds is 1. The molecule has 0 aromatic heterocycles. The van der Waals surface area contributed by atoms with Crippen molar-refractivity contribution in [3.05, 3.63) is 34.9 Å². The van der Waals surface area contributed by atoms with Crippen molar-refractivity contribution < 1.29 is 4.79 Å². The molecule has 0 fully saturated rings. The first-order chi connectivity index (χ1) is 6.81. The van der Waals surface area contributed by atoms with Crippen molar-refractivity contribution in [2.75, 3.05) is 7.05 Å². The van der Waals surface area contributed by atoms with Gasteiger partial charge in [0.2, 0.25) is 0 Å². The van der Waals surface area contributed by atoms with Crippen molar-refractivity contribution in [2.24, 2.45) is 0 Å². The third kappa shape index (κ3) is 1.65. The summed E-state index contributed by atoms with van der Waals surface area (Å²) in [6, 6.07) is 6.05. The van der Waals surface area contributed by atoms with Gasteiger partial charge in [0.25, 0.3) is 5.91 Å². The average Bonchev–Trinajstić information content (AvgIpc) is 2.27. The Balaban J connectivity index is 2.33. The van der Waals surface area contributed by atoms with Crippen molar-refractivity contribution in [2.45, 2.75) is 25.7 Å². The molecule has 1 amide bonds. The molecule has 0 radical (unpaired) electrons. The Kier molecular flexibility index (Phi) is 2.53. The van der Waals surface area contributed by atoms with Crippen LogP contribution >= 0.6 is 0 Å². The molecule has 0 saturated heterocycles. The second kappa shape index (κ2) is 3.82. The van der Waals surface area contributed by atoms with Crippen LogP contribution in [0.3, 0.4) is 0 Å². The maximum absolute atomic E-state index is 11.4. The van der Waals surface area contributed by atoms with Gasteiger partial charge in [-0.25, -0.2) is 0 Å². The predicted octanol–water partition coefficient (Wildman–Crippen LogP) is 1.93. The Morgan fingerprint density at radius 2 is 1.93 bits per heavy atom. The van der Waals surface area contributed by atoms with Crippen LogP contribution in [0.2, 0.25) is 0 Å². The molecule has 1 aromatic rings. The molecule has 74 valence electrons. The maximum atomic E-state index is 11.4. The number of carbonyl (C=O) groups excluding carboxylic acids is 1. The van der Waals surface area contributed by atoms with Crippen LogP contribution in [0, 0.1) is 0 Å². The lowest BCUT2D eigenvalue weighted by atomic mass is 9.90. The van der Waals surface area contributed by atoms with Crippen molar-refractivity contribution in [3.63, 3.8) is 0 Å². The van der Waals surface area contributed by atoms with Crippen LogP contribution in [0.15, 0.2) is 18.2 Å². The summed E-state index contributed by atoms with van der Waals surface area (Å²) in [6.07, 6.45) is 4.83. The fourth-order valence-corrected chi connectivity index (χ4v) is 2.02. The predicted molar refractivity (Wildman–Crippen MR) is 56.5 cm³/mol. The maximum Gasteiger partial charge on any atom is 0.251 e. The Morgan fingerprint density at radius 3 is 2.64 bits per heavy atom. The molecular weight excluding hydrogens is 174 g/mol. The van der Waals surface area contributed by atoms with Crippen molar-refractivity contribution in [3.8, 4) is 0 Å². The first kappa shape index (κ1) is 9.25. The van der Waals surface area contributed by atoms with Gasteiger partial charge in [-0.3, -0.25) is 4.79 Å².